The molecule has 10 heteroatoms. The van der Waals surface area contributed by atoms with Crippen LogP contribution in [0, 0.1) is 12.8 Å². The number of thiophene rings is 1. The zero-order chi connectivity index (χ0) is 24.0. The van der Waals surface area contributed by atoms with E-state index in [0.717, 1.165) is 22.0 Å². The Labute approximate surface area is 201 Å². The zero-order valence-corrected chi connectivity index (χ0v) is 21.0. The van der Waals surface area contributed by atoms with Crippen molar-refractivity contribution >= 4 is 40.0 Å². The second-order valence-corrected chi connectivity index (χ2v) is 9.91. The molecule has 0 aliphatic carbocycles. The van der Waals surface area contributed by atoms with E-state index in [1.807, 2.05) is 42.7 Å². The van der Waals surface area contributed by atoms with Crippen molar-refractivity contribution in [1.82, 2.24) is 14.8 Å². The van der Waals surface area contributed by atoms with E-state index >= 15 is 0 Å². The Morgan fingerprint density at radius 1 is 1.21 bits per heavy atom. The first-order valence-corrected chi connectivity index (χ1v) is 12.4. The number of benzene rings is 1. The third kappa shape index (κ3) is 6.35. The molecular weight excluding hydrogens is 460 g/mol. The number of carbonyl (C=O) groups is 2. The summed E-state index contributed by atoms with van der Waals surface area (Å²) < 4.78 is 12.5. The molecule has 176 valence electrons. The molecule has 0 radical (unpaired) electrons. The Morgan fingerprint density at radius 2 is 1.94 bits per heavy atom. The number of nitrogens with zero attached hydrogens (tertiary/aromatic N) is 3. The summed E-state index contributed by atoms with van der Waals surface area (Å²) in [5.74, 6) is 1.44. The number of amides is 1. The van der Waals surface area contributed by atoms with E-state index in [-0.39, 0.29) is 11.7 Å². The van der Waals surface area contributed by atoms with Gasteiger partial charge in [-0.2, -0.15) is 0 Å². The molecule has 0 fully saturated rings. The van der Waals surface area contributed by atoms with Gasteiger partial charge in [0.25, 0.3) is 0 Å². The first-order valence-electron chi connectivity index (χ1n) is 10.6. The SMILES string of the molecule is CCn1c(SCC(=O)Nc2sc(C)cc2C(=O)OC)nnc1-c1ccc(OCC(C)C)cc1. The Kier molecular flexibility index (Phi) is 8.51. The van der Waals surface area contributed by atoms with Gasteiger partial charge in [0.15, 0.2) is 11.0 Å². The number of hydrogen-bond donors (Lipinski definition) is 1. The molecule has 0 saturated carbocycles. The fourth-order valence-corrected chi connectivity index (χ4v) is 4.74. The Hall–Kier alpha value is -2.85. The van der Waals surface area contributed by atoms with Crippen LogP contribution in [0.3, 0.4) is 0 Å². The normalized spacial score (nSPS) is 11.0. The van der Waals surface area contributed by atoms with Gasteiger partial charge in [-0.05, 0) is 50.1 Å². The van der Waals surface area contributed by atoms with Gasteiger partial charge in [0, 0.05) is 17.0 Å². The van der Waals surface area contributed by atoms with Gasteiger partial charge in [-0.15, -0.1) is 21.5 Å². The lowest BCUT2D eigenvalue weighted by atomic mass is 10.2. The van der Waals surface area contributed by atoms with Crippen LogP contribution in [0.25, 0.3) is 11.4 Å². The molecule has 1 aromatic carbocycles. The molecule has 0 saturated heterocycles. The van der Waals surface area contributed by atoms with Crippen LogP contribution in [-0.2, 0) is 16.1 Å². The highest BCUT2D eigenvalue weighted by molar-refractivity contribution is 7.99. The minimum atomic E-state index is -0.474. The van der Waals surface area contributed by atoms with Crippen LogP contribution in [0.2, 0.25) is 0 Å². The standard InChI is InChI=1S/C23H28N4O4S2/c1-6-27-20(16-7-9-17(10-8-16)31-12-14(2)3)25-26-23(27)32-13-19(28)24-21-18(22(29)30-5)11-15(4)33-21/h7-11,14H,6,12-13H2,1-5H3,(H,24,28). The van der Waals surface area contributed by atoms with Crippen molar-refractivity contribution in [1.29, 1.82) is 0 Å². The monoisotopic (exact) mass is 488 g/mol. The summed E-state index contributed by atoms with van der Waals surface area (Å²) in [5.41, 5.74) is 1.28. The van der Waals surface area contributed by atoms with E-state index in [1.54, 1.807) is 6.07 Å². The number of carbonyl (C=O) groups excluding carboxylic acids is 2. The number of esters is 1. The lowest BCUT2D eigenvalue weighted by molar-refractivity contribution is -0.113. The second kappa shape index (κ2) is 11.3. The summed E-state index contributed by atoms with van der Waals surface area (Å²) >= 11 is 2.63. The van der Waals surface area contributed by atoms with Gasteiger partial charge in [0.2, 0.25) is 5.91 Å². The number of ether oxygens (including phenoxy) is 2. The quantitative estimate of drug-likeness (QED) is 0.321. The first kappa shape index (κ1) is 24.8. The van der Waals surface area contributed by atoms with Crippen molar-refractivity contribution in [2.45, 2.75) is 39.4 Å². The Morgan fingerprint density at radius 3 is 2.58 bits per heavy atom. The molecule has 1 N–H and O–H groups in total. The minimum Gasteiger partial charge on any atom is -0.493 e. The van der Waals surface area contributed by atoms with E-state index in [2.05, 4.69) is 29.4 Å². The van der Waals surface area contributed by atoms with Crippen molar-refractivity contribution in [3.63, 3.8) is 0 Å². The summed E-state index contributed by atoms with van der Waals surface area (Å²) in [5, 5.41) is 12.6. The van der Waals surface area contributed by atoms with Crippen LogP contribution in [0.1, 0.15) is 36.0 Å². The molecule has 0 unspecified atom stereocenters. The summed E-state index contributed by atoms with van der Waals surface area (Å²) in [4.78, 5) is 25.4. The third-order valence-corrected chi connectivity index (χ3v) is 6.51. The van der Waals surface area contributed by atoms with Crippen molar-refractivity contribution < 1.29 is 19.1 Å². The molecule has 33 heavy (non-hydrogen) atoms. The molecule has 3 aromatic rings. The molecule has 1 amide bonds. The van der Waals surface area contributed by atoms with E-state index in [9.17, 15) is 9.59 Å². The summed E-state index contributed by atoms with van der Waals surface area (Å²) in [7, 11) is 1.32. The van der Waals surface area contributed by atoms with Gasteiger partial charge >= 0.3 is 5.97 Å². The average molecular weight is 489 g/mol. The van der Waals surface area contributed by atoms with Crippen molar-refractivity contribution in [2.75, 3.05) is 24.8 Å². The topological polar surface area (TPSA) is 95.3 Å². The van der Waals surface area contributed by atoms with Crippen LogP contribution in [0.15, 0.2) is 35.5 Å². The van der Waals surface area contributed by atoms with Gasteiger partial charge in [-0.25, -0.2) is 4.79 Å². The highest BCUT2D eigenvalue weighted by Gasteiger charge is 2.19. The molecule has 0 spiro atoms. The molecule has 0 bridgehead atoms. The summed E-state index contributed by atoms with van der Waals surface area (Å²) in [6, 6.07) is 9.47. The molecule has 8 nitrogen and oxygen atoms in total. The highest BCUT2D eigenvalue weighted by atomic mass is 32.2. The molecule has 2 heterocycles. The van der Waals surface area contributed by atoms with Crippen LogP contribution >= 0.6 is 23.1 Å². The highest BCUT2D eigenvalue weighted by Crippen LogP contribution is 2.29. The predicted octanol–water partition coefficient (Wildman–Crippen LogP) is 4.89. The fourth-order valence-electron chi connectivity index (χ4n) is 3.02. The van der Waals surface area contributed by atoms with E-state index < -0.39 is 5.97 Å². The first-order chi connectivity index (χ1) is 15.8. The van der Waals surface area contributed by atoms with Gasteiger partial charge in [0.1, 0.15) is 10.8 Å². The molecule has 0 aliphatic heterocycles. The maximum absolute atomic E-state index is 12.5. The fraction of sp³-hybridized carbons (Fsp3) is 0.391. The lowest BCUT2D eigenvalue weighted by Crippen LogP contribution is -2.16. The zero-order valence-electron chi connectivity index (χ0n) is 19.4. The maximum Gasteiger partial charge on any atom is 0.340 e. The number of hydrogen-bond acceptors (Lipinski definition) is 8. The number of methoxy groups -OCH3 is 1. The largest absolute Gasteiger partial charge is 0.493 e. The van der Waals surface area contributed by atoms with Gasteiger partial charge in [-0.3, -0.25) is 4.79 Å². The minimum absolute atomic E-state index is 0.137. The number of nitrogens with one attached hydrogen (secondary N) is 1. The summed E-state index contributed by atoms with van der Waals surface area (Å²) in [6.07, 6.45) is 0. The second-order valence-electron chi connectivity index (χ2n) is 7.71. The summed E-state index contributed by atoms with van der Waals surface area (Å²) in [6.45, 7) is 9.42. The van der Waals surface area contributed by atoms with Crippen LogP contribution in [0.5, 0.6) is 5.75 Å². The van der Waals surface area contributed by atoms with E-state index in [1.165, 1.54) is 30.2 Å². The molecular formula is C23H28N4O4S2. The van der Waals surface area contributed by atoms with Gasteiger partial charge in [-0.1, -0.05) is 25.6 Å². The predicted molar refractivity (Wildman–Crippen MR) is 131 cm³/mol. The van der Waals surface area contributed by atoms with Crippen LogP contribution in [0.4, 0.5) is 5.00 Å². The van der Waals surface area contributed by atoms with Crippen molar-refractivity contribution in [2.24, 2.45) is 5.92 Å². The number of aromatic nitrogens is 3. The number of thioether (sulfide) groups is 1. The molecule has 0 aliphatic rings. The van der Waals surface area contributed by atoms with Gasteiger partial charge in [0.05, 0.1) is 25.0 Å². The molecule has 0 atom stereocenters. The lowest BCUT2D eigenvalue weighted by Gasteiger charge is -2.10. The Balaban J connectivity index is 1.66. The van der Waals surface area contributed by atoms with Crippen LogP contribution in [-0.4, -0.2) is 46.1 Å². The third-order valence-electron chi connectivity index (χ3n) is 4.57. The molecule has 3 rings (SSSR count). The Bertz CT molecular complexity index is 1110. The van der Waals surface area contributed by atoms with E-state index in [4.69, 9.17) is 9.47 Å². The molecule has 2 aromatic heterocycles. The van der Waals surface area contributed by atoms with Gasteiger partial charge < -0.3 is 19.4 Å². The average Bonchev–Trinajstić information content (AvgIpc) is 3.38. The maximum atomic E-state index is 12.5. The smallest absolute Gasteiger partial charge is 0.340 e. The van der Waals surface area contributed by atoms with Crippen molar-refractivity contribution in [3.8, 4) is 17.1 Å². The van der Waals surface area contributed by atoms with E-state index in [0.29, 0.717) is 34.8 Å². The number of anilines is 1. The number of aryl methyl sites for hydroxylation is 1. The van der Waals surface area contributed by atoms with Crippen LogP contribution < -0.4 is 10.1 Å². The number of rotatable bonds is 10. The van der Waals surface area contributed by atoms with Crippen molar-refractivity contribution in [3.05, 3.63) is 40.8 Å².